The molecule has 20 heavy (non-hydrogen) atoms. The molecule has 2 N–H and O–H groups in total. The Hall–Kier alpha value is -1.95. The van der Waals surface area contributed by atoms with Crippen molar-refractivity contribution in [2.75, 3.05) is 18.9 Å². The first-order valence-electron chi connectivity index (χ1n) is 5.95. The minimum Gasteiger partial charge on any atom is -0.486 e. The Morgan fingerprint density at radius 2 is 1.65 bits per heavy atom. The van der Waals surface area contributed by atoms with E-state index in [2.05, 4.69) is 0 Å². The van der Waals surface area contributed by atoms with Crippen LogP contribution in [0, 0.1) is 11.6 Å². The molecule has 2 aromatic carbocycles. The second-order valence-corrected chi connectivity index (χ2v) is 5.29. The van der Waals surface area contributed by atoms with Crippen molar-refractivity contribution in [1.82, 2.24) is 0 Å². The molecule has 3 nitrogen and oxygen atoms in total. The summed E-state index contributed by atoms with van der Waals surface area (Å²) < 4.78 is 37.7. The molecule has 0 unspecified atom stereocenters. The summed E-state index contributed by atoms with van der Waals surface area (Å²) in [4.78, 5) is 0.770. The van der Waals surface area contributed by atoms with E-state index in [1.165, 1.54) is 0 Å². The second kappa shape index (κ2) is 5.20. The van der Waals surface area contributed by atoms with E-state index in [1.807, 2.05) is 0 Å². The molecule has 0 bridgehead atoms. The van der Waals surface area contributed by atoms with Gasteiger partial charge in [-0.15, -0.1) is 0 Å². The number of hydrogen-bond donors (Lipinski definition) is 1. The Morgan fingerprint density at radius 3 is 2.40 bits per heavy atom. The van der Waals surface area contributed by atoms with Crippen LogP contribution < -0.4 is 15.2 Å². The zero-order chi connectivity index (χ0) is 14.1. The molecule has 0 saturated heterocycles. The second-order valence-electron chi connectivity index (χ2n) is 4.21. The summed E-state index contributed by atoms with van der Waals surface area (Å²) >= 11 is 1.05. The molecule has 0 radical (unpaired) electrons. The van der Waals surface area contributed by atoms with Gasteiger partial charge in [-0.2, -0.15) is 0 Å². The van der Waals surface area contributed by atoms with Gasteiger partial charge in [0.2, 0.25) is 0 Å². The van der Waals surface area contributed by atoms with Gasteiger partial charge in [0.1, 0.15) is 24.8 Å². The SMILES string of the molecule is Nc1cc2c(cc1Sc1cc(F)ccc1F)OCCO2. The van der Waals surface area contributed by atoms with Gasteiger partial charge >= 0.3 is 0 Å². The Bertz CT molecular complexity index is 664. The van der Waals surface area contributed by atoms with Gasteiger partial charge in [0, 0.05) is 22.7 Å². The lowest BCUT2D eigenvalue weighted by Gasteiger charge is -2.20. The average molecular weight is 295 g/mol. The number of benzene rings is 2. The molecule has 0 amide bonds. The van der Waals surface area contributed by atoms with E-state index in [4.69, 9.17) is 15.2 Å². The van der Waals surface area contributed by atoms with Crippen LogP contribution in [0.2, 0.25) is 0 Å². The van der Waals surface area contributed by atoms with Gasteiger partial charge in [-0.05, 0) is 18.2 Å². The van der Waals surface area contributed by atoms with Gasteiger partial charge in [-0.25, -0.2) is 8.78 Å². The number of rotatable bonds is 2. The molecule has 6 heteroatoms. The number of anilines is 1. The van der Waals surface area contributed by atoms with E-state index in [0.717, 1.165) is 30.0 Å². The fourth-order valence-corrected chi connectivity index (χ4v) is 2.76. The Kier molecular flexibility index (Phi) is 3.40. The summed E-state index contributed by atoms with van der Waals surface area (Å²) in [6.45, 7) is 0.923. The molecule has 3 rings (SSSR count). The third-order valence-electron chi connectivity index (χ3n) is 2.79. The van der Waals surface area contributed by atoms with Crippen molar-refractivity contribution in [2.45, 2.75) is 9.79 Å². The monoisotopic (exact) mass is 295 g/mol. The predicted molar refractivity (Wildman–Crippen MR) is 72.3 cm³/mol. The third-order valence-corrected chi connectivity index (χ3v) is 3.89. The average Bonchev–Trinajstić information content (AvgIpc) is 2.43. The first-order chi connectivity index (χ1) is 9.63. The summed E-state index contributed by atoms with van der Waals surface area (Å²) in [7, 11) is 0. The Balaban J connectivity index is 1.96. The van der Waals surface area contributed by atoms with Crippen LogP contribution in [0.4, 0.5) is 14.5 Å². The van der Waals surface area contributed by atoms with Crippen molar-refractivity contribution in [3.63, 3.8) is 0 Å². The van der Waals surface area contributed by atoms with E-state index in [0.29, 0.717) is 35.3 Å². The van der Waals surface area contributed by atoms with Crippen LogP contribution in [0.15, 0.2) is 40.1 Å². The zero-order valence-electron chi connectivity index (χ0n) is 10.4. The lowest BCUT2D eigenvalue weighted by atomic mass is 10.2. The molecule has 0 fully saturated rings. The maximum atomic E-state index is 13.6. The van der Waals surface area contributed by atoms with Crippen molar-refractivity contribution in [1.29, 1.82) is 0 Å². The third kappa shape index (κ3) is 2.51. The van der Waals surface area contributed by atoms with E-state index >= 15 is 0 Å². The smallest absolute Gasteiger partial charge is 0.163 e. The van der Waals surface area contributed by atoms with E-state index in [1.54, 1.807) is 12.1 Å². The number of hydrogen-bond acceptors (Lipinski definition) is 4. The Labute approximate surface area is 118 Å². The van der Waals surface area contributed by atoms with Gasteiger partial charge in [-0.3, -0.25) is 0 Å². The van der Waals surface area contributed by atoms with Crippen molar-refractivity contribution in [2.24, 2.45) is 0 Å². The summed E-state index contributed by atoms with van der Waals surface area (Å²) in [5.74, 6) is 0.137. The molecule has 0 atom stereocenters. The molecule has 0 spiro atoms. The van der Waals surface area contributed by atoms with Gasteiger partial charge in [0.05, 0.1) is 4.90 Å². The quantitative estimate of drug-likeness (QED) is 0.862. The van der Waals surface area contributed by atoms with Crippen molar-refractivity contribution >= 4 is 17.4 Å². The van der Waals surface area contributed by atoms with Gasteiger partial charge in [0.25, 0.3) is 0 Å². The minimum atomic E-state index is -0.495. The maximum absolute atomic E-state index is 13.6. The molecule has 1 aliphatic heterocycles. The molecule has 2 aromatic rings. The maximum Gasteiger partial charge on any atom is 0.163 e. The number of fused-ring (bicyclic) bond motifs is 1. The predicted octanol–water partition coefficient (Wildman–Crippen LogP) is 3.47. The lowest BCUT2D eigenvalue weighted by Crippen LogP contribution is -2.15. The molecular formula is C14H11F2NO2S. The fourth-order valence-electron chi connectivity index (χ4n) is 1.85. The van der Waals surface area contributed by atoms with Crippen LogP contribution in [-0.2, 0) is 0 Å². The molecule has 104 valence electrons. The molecule has 0 aromatic heterocycles. The number of nitrogen functional groups attached to an aromatic ring is 1. The molecule has 0 saturated carbocycles. The normalized spacial score (nSPS) is 13.3. The van der Waals surface area contributed by atoms with Crippen molar-refractivity contribution in [3.8, 4) is 11.5 Å². The first-order valence-corrected chi connectivity index (χ1v) is 6.77. The summed E-state index contributed by atoms with van der Waals surface area (Å²) in [5.41, 5.74) is 6.34. The summed E-state index contributed by atoms with van der Waals surface area (Å²) in [5, 5.41) is 0. The minimum absolute atomic E-state index is 0.174. The highest BCUT2D eigenvalue weighted by atomic mass is 32.2. The zero-order valence-corrected chi connectivity index (χ0v) is 11.2. The summed E-state index contributed by atoms with van der Waals surface area (Å²) in [6.07, 6.45) is 0. The Morgan fingerprint density at radius 1 is 0.950 bits per heavy atom. The lowest BCUT2D eigenvalue weighted by molar-refractivity contribution is 0.171. The number of nitrogens with two attached hydrogens (primary N) is 1. The van der Waals surface area contributed by atoms with E-state index in [9.17, 15) is 8.78 Å². The van der Waals surface area contributed by atoms with Crippen LogP contribution in [0.3, 0.4) is 0 Å². The highest BCUT2D eigenvalue weighted by molar-refractivity contribution is 7.99. The first kappa shape index (κ1) is 13.1. The van der Waals surface area contributed by atoms with E-state index in [-0.39, 0.29) is 4.90 Å². The van der Waals surface area contributed by atoms with Gasteiger partial charge in [-0.1, -0.05) is 11.8 Å². The van der Waals surface area contributed by atoms with Crippen LogP contribution in [-0.4, -0.2) is 13.2 Å². The van der Waals surface area contributed by atoms with Crippen LogP contribution >= 0.6 is 11.8 Å². The molecule has 1 aliphatic rings. The molecule has 0 aliphatic carbocycles. The van der Waals surface area contributed by atoms with Crippen LogP contribution in [0.25, 0.3) is 0 Å². The number of halogens is 2. The fraction of sp³-hybridized carbons (Fsp3) is 0.143. The van der Waals surface area contributed by atoms with Gasteiger partial charge in [0.15, 0.2) is 11.5 Å². The largest absolute Gasteiger partial charge is 0.486 e. The van der Waals surface area contributed by atoms with Crippen molar-refractivity contribution in [3.05, 3.63) is 42.0 Å². The van der Waals surface area contributed by atoms with Crippen molar-refractivity contribution < 1.29 is 18.3 Å². The van der Waals surface area contributed by atoms with Crippen LogP contribution in [0.1, 0.15) is 0 Å². The standard InChI is InChI=1S/C14H11F2NO2S/c15-8-1-2-9(16)13(5-8)20-14-7-12-11(6-10(14)17)18-3-4-19-12/h1-2,5-7H,3-4,17H2. The number of ether oxygens (including phenoxy) is 2. The highest BCUT2D eigenvalue weighted by Gasteiger charge is 2.16. The van der Waals surface area contributed by atoms with Crippen LogP contribution in [0.5, 0.6) is 11.5 Å². The van der Waals surface area contributed by atoms with E-state index < -0.39 is 11.6 Å². The van der Waals surface area contributed by atoms with Gasteiger partial charge < -0.3 is 15.2 Å². The topological polar surface area (TPSA) is 44.5 Å². The molecule has 1 heterocycles. The highest BCUT2D eigenvalue weighted by Crippen LogP contribution is 2.41. The molecular weight excluding hydrogens is 284 g/mol. The summed E-state index contributed by atoms with van der Waals surface area (Å²) in [6, 6.07) is 6.61.